The third-order valence-corrected chi connectivity index (χ3v) is 4.44. The monoisotopic (exact) mass is 321 g/mol. The molecule has 1 atom stereocenters. The summed E-state index contributed by atoms with van der Waals surface area (Å²) < 4.78 is 1.12. The number of rotatable bonds is 2. The molecule has 1 aromatic carbocycles. The minimum atomic E-state index is 0.777. The van der Waals surface area contributed by atoms with Crippen molar-refractivity contribution in [2.24, 2.45) is 10.9 Å². The lowest BCUT2D eigenvalue weighted by Gasteiger charge is -2.33. The third-order valence-electron chi connectivity index (χ3n) is 3.95. The van der Waals surface area contributed by atoms with Crippen LogP contribution in [0, 0.1) is 5.92 Å². The molecule has 3 rings (SSSR count). The van der Waals surface area contributed by atoms with Gasteiger partial charge in [-0.1, -0.05) is 15.9 Å². The molecule has 19 heavy (non-hydrogen) atoms. The van der Waals surface area contributed by atoms with Crippen molar-refractivity contribution in [3.8, 4) is 0 Å². The minimum absolute atomic E-state index is 0.777. The van der Waals surface area contributed by atoms with E-state index in [0.717, 1.165) is 29.0 Å². The van der Waals surface area contributed by atoms with E-state index in [1.165, 1.54) is 31.1 Å². The van der Waals surface area contributed by atoms with Crippen LogP contribution in [0.15, 0.2) is 27.7 Å². The summed E-state index contributed by atoms with van der Waals surface area (Å²) in [6.07, 6.45) is 4.94. The first-order chi connectivity index (χ1) is 9.20. The second-order valence-electron chi connectivity index (χ2n) is 5.67. The third kappa shape index (κ3) is 3.18. The first-order valence-corrected chi connectivity index (χ1v) is 7.74. The van der Waals surface area contributed by atoms with Crippen LogP contribution in [0.4, 0.5) is 0 Å². The van der Waals surface area contributed by atoms with Crippen LogP contribution in [-0.2, 0) is 0 Å². The topological polar surface area (TPSA) is 18.8 Å². The summed E-state index contributed by atoms with van der Waals surface area (Å²) in [4.78, 5) is 9.46. The molecule has 0 N–H and O–H groups in total. The van der Waals surface area contributed by atoms with Gasteiger partial charge in [0, 0.05) is 29.0 Å². The normalized spacial score (nSPS) is 23.5. The van der Waals surface area contributed by atoms with Gasteiger partial charge in [0.05, 0.1) is 5.36 Å². The van der Waals surface area contributed by atoms with E-state index in [1.807, 2.05) is 0 Å². The molecule has 0 amide bonds. The molecular weight excluding hydrogens is 302 g/mol. The predicted octanol–water partition coefficient (Wildman–Crippen LogP) is 1.42. The molecule has 1 fully saturated rings. The molecular formula is C15H20BrN3. The van der Waals surface area contributed by atoms with Crippen molar-refractivity contribution in [2.75, 3.05) is 33.4 Å². The van der Waals surface area contributed by atoms with Gasteiger partial charge in [-0.2, -0.15) is 0 Å². The Balaban J connectivity index is 1.74. The minimum Gasteiger partial charge on any atom is -0.357 e. The molecule has 102 valence electrons. The maximum Gasteiger partial charge on any atom is 0.110 e. The Kier molecular flexibility index (Phi) is 3.89. The maximum absolute atomic E-state index is 4.66. The molecule has 1 aromatic rings. The van der Waals surface area contributed by atoms with Gasteiger partial charge < -0.3 is 9.80 Å². The lowest BCUT2D eigenvalue weighted by atomic mass is 9.98. The summed E-state index contributed by atoms with van der Waals surface area (Å²) in [7, 11) is 2.23. The smallest absolute Gasteiger partial charge is 0.110 e. The molecule has 3 nitrogen and oxygen atoms in total. The predicted molar refractivity (Wildman–Crippen MR) is 81.2 cm³/mol. The fourth-order valence-corrected chi connectivity index (χ4v) is 3.42. The first-order valence-electron chi connectivity index (χ1n) is 6.95. The quantitative estimate of drug-likeness (QED) is 0.820. The van der Waals surface area contributed by atoms with Gasteiger partial charge in [0.15, 0.2) is 0 Å². The van der Waals surface area contributed by atoms with E-state index in [1.54, 1.807) is 0 Å². The maximum atomic E-state index is 4.66. The van der Waals surface area contributed by atoms with E-state index >= 15 is 0 Å². The highest BCUT2D eigenvalue weighted by molar-refractivity contribution is 9.10. The summed E-state index contributed by atoms with van der Waals surface area (Å²) in [5.74, 6) is 0.777. The number of nitrogens with zero attached hydrogens (tertiary/aromatic N) is 3. The lowest BCUT2D eigenvalue weighted by Crippen LogP contribution is -2.41. The molecule has 0 saturated carbocycles. The Labute approximate surface area is 122 Å². The number of halogens is 1. The first kappa shape index (κ1) is 13.1. The Bertz CT molecular complexity index is 569. The molecule has 0 bridgehead atoms. The van der Waals surface area contributed by atoms with Gasteiger partial charge in [0.1, 0.15) is 6.67 Å². The van der Waals surface area contributed by atoms with Crippen molar-refractivity contribution < 1.29 is 0 Å². The number of piperidine rings is 1. The van der Waals surface area contributed by atoms with Crippen LogP contribution < -0.4 is 10.6 Å². The highest BCUT2D eigenvalue weighted by Crippen LogP contribution is 2.16. The Hall–Kier alpha value is -0.870. The molecule has 0 aliphatic carbocycles. The average Bonchev–Trinajstić information content (AvgIpc) is 2.38. The van der Waals surface area contributed by atoms with Crippen molar-refractivity contribution in [1.82, 2.24) is 9.80 Å². The van der Waals surface area contributed by atoms with Gasteiger partial charge in [-0.3, -0.25) is 4.99 Å². The number of hydrogen-bond acceptors (Lipinski definition) is 3. The van der Waals surface area contributed by atoms with Crippen LogP contribution in [-0.4, -0.2) is 43.2 Å². The zero-order chi connectivity index (χ0) is 13.2. The molecule has 2 aliphatic heterocycles. The Morgan fingerprint density at radius 1 is 1.42 bits per heavy atom. The highest BCUT2D eigenvalue weighted by Gasteiger charge is 2.19. The van der Waals surface area contributed by atoms with Gasteiger partial charge in [0.25, 0.3) is 0 Å². The molecule has 1 unspecified atom stereocenters. The highest BCUT2D eigenvalue weighted by atomic mass is 79.9. The van der Waals surface area contributed by atoms with Crippen LogP contribution in [0.5, 0.6) is 0 Å². The number of benzene rings is 1. The number of likely N-dealkylation sites (tertiary alicyclic amines) is 1. The standard InChI is InChI=1S/C15H20BrN3/c1-18-6-2-3-12(8-18)9-19-10-13-7-14(16)4-5-15(13)17-11-19/h4-5,7,10,12H,2-3,6,8-9,11H2,1H3. The van der Waals surface area contributed by atoms with Gasteiger partial charge in [0.2, 0.25) is 0 Å². The van der Waals surface area contributed by atoms with E-state index in [-0.39, 0.29) is 0 Å². The van der Waals surface area contributed by atoms with Crippen molar-refractivity contribution >= 4 is 22.1 Å². The van der Waals surface area contributed by atoms with Crippen molar-refractivity contribution in [2.45, 2.75) is 12.8 Å². The lowest BCUT2D eigenvalue weighted by molar-refractivity contribution is 0.181. The number of hydrogen-bond donors (Lipinski definition) is 0. The summed E-state index contributed by atoms with van der Waals surface area (Å²) >= 11 is 3.53. The fraction of sp³-hybridized carbons (Fsp3) is 0.533. The van der Waals surface area contributed by atoms with Gasteiger partial charge in [-0.05, 0) is 50.6 Å². The zero-order valence-corrected chi connectivity index (χ0v) is 12.9. The average molecular weight is 322 g/mol. The second-order valence-corrected chi connectivity index (χ2v) is 6.59. The van der Waals surface area contributed by atoms with E-state index in [4.69, 9.17) is 0 Å². The molecule has 1 saturated heterocycles. The SMILES string of the molecule is CN1CCCC(CN2C=c3cc(Br)ccc3=NC2)C1. The van der Waals surface area contributed by atoms with Crippen LogP contribution in [0.1, 0.15) is 12.8 Å². The van der Waals surface area contributed by atoms with Crippen LogP contribution in [0.25, 0.3) is 6.20 Å². The van der Waals surface area contributed by atoms with Crippen molar-refractivity contribution in [1.29, 1.82) is 0 Å². The van der Waals surface area contributed by atoms with E-state index < -0.39 is 0 Å². The van der Waals surface area contributed by atoms with E-state index in [9.17, 15) is 0 Å². The second kappa shape index (κ2) is 5.63. The van der Waals surface area contributed by atoms with Crippen LogP contribution in [0.2, 0.25) is 0 Å². The van der Waals surface area contributed by atoms with Crippen molar-refractivity contribution in [3.63, 3.8) is 0 Å². The summed E-state index contributed by atoms with van der Waals surface area (Å²) in [6, 6.07) is 6.29. The van der Waals surface area contributed by atoms with Crippen LogP contribution in [0.3, 0.4) is 0 Å². The summed E-state index contributed by atoms with van der Waals surface area (Å²) in [5, 5.41) is 2.34. The van der Waals surface area contributed by atoms with Crippen molar-refractivity contribution in [3.05, 3.63) is 33.2 Å². The molecule has 2 heterocycles. The molecule has 4 heteroatoms. The van der Waals surface area contributed by atoms with Gasteiger partial charge >= 0.3 is 0 Å². The van der Waals surface area contributed by atoms with E-state index in [0.29, 0.717) is 0 Å². The zero-order valence-electron chi connectivity index (χ0n) is 11.3. The van der Waals surface area contributed by atoms with Gasteiger partial charge in [-0.25, -0.2) is 0 Å². The fourth-order valence-electron chi connectivity index (χ4n) is 3.04. The molecule has 0 spiro atoms. The Morgan fingerprint density at radius 2 is 2.32 bits per heavy atom. The summed E-state index contributed by atoms with van der Waals surface area (Å²) in [5.41, 5.74) is 0. The Morgan fingerprint density at radius 3 is 3.16 bits per heavy atom. The number of fused-ring (bicyclic) bond motifs is 1. The summed E-state index contributed by atoms with van der Waals surface area (Å²) in [6.45, 7) is 4.39. The molecule has 0 aromatic heterocycles. The largest absolute Gasteiger partial charge is 0.357 e. The van der Waals surface area contributed by atoms with Crippen LogP contribution >= 0.6 is 15.9 Å². The molecule has 2 aliphatic rings. The van der Waals surface area contributed by atoms with Gasteiger partial charge in [-0.15, -0.1) is 0 Å². The van der Waals surface area contributed by atoms with E-state index in [2.05, 4.69) is 62.2 Å². The molecule has 0 radical (unpaired) electrons.